The van der Waals surface area contributed by atoms with Crippen LogP contribution in [0.2, 0.25) is 0 Å². The summed E-state index contributed by atoms with van der Waals surface area (Å²) in [6.45, 7) is 0.324. The van der Waals surface area contributed by atoms with E-state index < -0.39 is 0 Å². The van der Waals surface area contributed by atoms with E-state index in [2.05, 4.69) is 4.98 Å². The zero-order valence-corrected chi connectivity index (χ0v) is 11.0. The Balaban J connectivity index is 2.17. The van der Waals surface area contributed by atoms with Gasteiger partial charge in [0.25, 0.3) is 0 Å². The van der Waals surface area contributed by atoms with Crippen molar-refractivity contribution in [2.75, 3.05) is 20.0 Å². The average molecular weight is 266 g/mol. The quantitative estimate of drug-likeness (QED) is 0.899. The number of hydrogen-bond acceptors (Lipinski definition) is 6. The standard InChI is InChI=1S/C12H14N2O3S/c1-15-9-4-3-5-10(16-2)11(9)17-6-8-7-18-12(13)14-8/h3-5,7H,6H2,1-2H3,(H2,13,14). The second-order valence-corrected chi connectivity index (χ2v) is 4.35. The van der Waals surface area contributed by atoms with E-state index in [4.69, 9.17) is 19.9 Å². The Morgan fingerprint density at radius 2 is 1.89 bits per heavy atom. The predicted octanol–water partition coefficient (Wildman–Crippen LogP) is 2.32. The fraction of sp³-hybridized carbons (Fsp3) is 0.250. The van der Waals surface area contributed by atoms with Crippen LogP contribution in [0.5, 0.6) is 17.2 Å². The predicted molar refractivity (Wildman–Crippen MR) is 70.4 cm³/mol. The number of ether oxygens (including phenoxy) is 3. The summed E-state index contributed by atoms with van der Waals surface area (Å²) < 4.78 is 16.2. The normalized spacial score (nSPS) is 10.1. The number of para-hydroxylation sites is 1. The number of aromatic nitrogens is 1. The maximum Gasteiger partial charge on any atom is 0.203 e. The molecule has 5 nitrogen and oxygen atoms in total. The summed E-state index contributed by atoms with van der Waals surface area (Å²) in [4.78, 5) is 4.13. The van der Waals surface area contributed by atoms with Crippen molar-refractivity contribution in [3.05, 3.63) is 29.3 Å². The minimum atomic E-state index is 0.324. The van der Waals surface area contributed by atoms with Crippen molar-refractivity contribution in [2.24, 2.45) is 0 Å². The molecule has 1 heterocycles. The van der Waals surface area contributed by atoms with Gasteiger partial charge < -0.3 is 19.9 Å². The molecule has 0 saturated carbocycles. The van der Waals surface area contributed by atoms with Crippen molar-refractivity contribution < 1.29 is 14.2 Å². The molecule has 1 aromatic carbocycles. The van der Waals surface area contributed by atoms with Crippen LogP contribution < -0.4 is 19.9 Å². The molecule has 2 aromatic rings. The summed E-state index contributed by atoms with van der Waals surface area (Å²) in [7, 11) is 3.17. The van der Waals surface area contributed by atoms with Gasteiger partial charge in [0.15, 0.2) is 16.6 Å². The third-order valence-electron chi connectivity index (χ3n) is 2.32. The largest absolute Gasteiger partial charge is 0.493 e. The molecule has 0 aliphatic carbocycles. The molecule has 0 saturated heterocycles. The van der Waals surface area contributed by atoms with Gasteiger partial charge in [0.1, 0.15) is 6.61 Å². The highest BCUT2D eigenvalue weighted by molar-refractivity contribution is 7.13. The summed E-state index contributed by atoms with van der Waals surface area (Å²) in [6, 6.07) is 5.46. The van der Waals surface area contributed by atoms with Crippen molar-refractivity contribution >= 4 is 16.5 Å². The zero-order chi connectivity index (χ0) is 13.0. The number of benzene rings is 1. The van der Waals surface area contributed by atoms with Gasteiger partial charge in [-0.2, -0.15) is 0 Å². The second kappa shape index (κ2) is 5.59. The molecule has 18 heavy (non-hydrogen) atoms. The number of nitrogens with two attached hydrogens (primary N) is 1. The first-order valence-electron chi connectivity index (χ1n) is 5.28. The van der Waals surface area contributed by atoms with Crippen molar-refractivity contribution in [2.45, 2.75) is 6.61 Å². The minimum absolute atomic E-state index is 0.324. The molecular formula is C12H14N2O3S. The first kappa shape index (κ1) is 12.5. The van der Waals surface area contributed by atoms with Gasteiger partial charge in [-0.3, -0.25) is 0 Å². The van der Waals surface area contributed by atoms with Crippen molar-refractivity contribution in [1.82, 2.24) is 4.98 Å². The van der Waals surface area contributed by atoms with Crippen LogP contribution >= 0.6 is 11.3 Å². The van der Waals surface area contributed by atoms with Crippen molar-refractivity contribution in [3.8, 4) is 17.2 Å². The number of methoxy groups -OCH3 is 2. The highest BCUT2D eigenvalue weighted by Gasteiger charge is 2.11. The molecule has 0 aliphatic heterocycles. The average Bonchev–Trinajstić information content (AvgIpc) is 2.81. The lowest BCUT2D eigenvalue weighted by Gasteiger charge is -2.13. The van der Waals surface area contributed by atoms with E-state index in [9.17, 15) is 0 Å². The molecule has 0 amide bonds. The van der Waals surface area contributed by atoms with Crippen LogP contribution in [0.1, 0.15) is 5.69 Å². The Morgan fingerprint density at radius 1 is 1.22 bits per heavy atom. The molecule has 0 bridgehead atoms. The van der Waals surface area contributed by atoms with E-state index in [-0.39, 0.29) is 0 Å². The fourth-order valence-electron chi connectivity index (χ4n) is 1.49. The van der Waals surface area contributed by atoms with E-state index >= 15 is 0 Å². The number of rotatable bonds is 5. The molecule has 0 atom stereocenters. The number of nitrogen functional groups attached to an aromatic ring is 1. The van der Waals surface area contributed by atoms with Crippen molar-refractivity contribution in [1.29, 1.82) is 0 Å². The van der Waals surface area contributed by atoms with E-state index in [0.29, 0.717) is 29.0 Å². The summed E-state index contributed by atoms with van der Waals surface area (Å²) in [6.07, 6.45) is 0. The molecule has 1 aromatic heterocycles. The molecule has 0 unspecified atom stereocenters. The number of nitrogens with zero attached hydrogens (tertiary/aromatic N) is 1. The van der Waals surface area contributed by atoms with Crippen LogP contribution in [-0.4, -0.2) is 19.2 Å². The van der Waals surface area contributed by atoms with Crippen LogP contribution in [0.25, 0.3) is 0 Å². The zero-order valence-electron chi connectivity index (χ0n) is 10.2. The highest BCUT2D eigenvalue weighted by Crippen LogP contribution is 2.37. The lowest BCUT2D eigenvalue weighted by Crippen LogP contribution is -2.00. The lowest BCUT2D eigenvalue weighted by atomic mass is 10.3. The van der Waals surface area contributed by atoms with Crippen LogP contribution in [0, 0.1) is 0 Å². The van der Waals surface area contributed by atoms with Gasteiger partial charge >= 0.3 is 0 Å². The minimum Gasteiger partial charge on any atom is -0.493 e. The smallest absolute Gasteiger partial charge is 0.203 e. The maximum atomic E-state index is 5.69. The van der Waals surface area contributed by atoms with Gasteiger partial charge in [-0.15, -0.1) is 11.3 Å². The topological polar surface area (TPSA) is 66.6 Å². The van der Waals surface area contributed by atoms with Crippen molar-refractivity contribution in [3.63, 3.8) is 0 Å². The van der Waals surface area contributed by atoms with Crippen LogP contribution in [0.15, 0.2) is 23.6 Å². The number of hydrogen-bond donors (Lipinski definition) is 1. The Kier molecular flexibility index (Phi) is 3.88. The van der Waals surface area contributed by atoms with Crippen LogP contribution in [0.3, 0.4) is 0 Å². The number of anilines is 1. The van der Waals surface area contributed by atoms with Gasteiger partial charge in [-0.1, -0.05) is 6.07 Å². The van der Waals surface area contributed by atoms with E-state index in [1.807, 2.05) is 23.6 Å². The molecule has 0 radical (unpaired) electrons. The molecule has 0 spiro atoms. The lowest BCUT2D eigenvalue weighted by molar-refractivity contribution is 0.263. The fourth-order valence-corrected chi connectivity index (χ4v) is 2.04. The van der Waals surface area contributed by atoms with E-state index in [1.165, 1.54) is 11.3 Å². The molecule has 96 valence electrons. The Hall–Kier alpha value is -1.95. The third-order valence-corrected chi connectivity index (χ3v) is 3.04. The van der Waals surface area contributed by atoms with Crippen LogP contribution in [-0.2, 0) is 6.61 Å². The summed E-state index contributed by atoms with van der Waals surface area (Å²) >= 11 is 1.38. The Labute approximate surface area is 109 Å². The maximum absolute atomic E-state index is 5.69. The third kappa shape index (κ3) is 2.65. The SMILES string of the molecule is COc1cccc(OC)c1OCc1csc(N)n1. The van der Waals surface area contributed by atoms with Gasteiger partial charge in [0, 0.05) is 5.38 Å². The monoisotopic (exact) mass is 266 g/mol. The van der Waals surface area contributed by atoms with Gasteiger partial charge in [0.2, 0.25) is 5.75 Å². The highest BCUT2D eigenvalue weighted by atomic mass is 32.1. The molecule has 2 rings (SSSR count). The Bertz CT molecular complexity index is 506. The Morgan fingerprint density at radius 3 is 2.39 bits per heavy atom. The molecule has 2 N–H and O–H groups in total. The second-order valence-electron chi connectivity index (χ2n) is 3.46. The number of thiazole rings is 1. The van der Waals surface area contributed by atoms with Crippen LogP contribution in [0.4, 0.5) is 5.13 Å². The summed E-state index contributed by atoms with van der Waals surface area (Å²) in [5.41, 5.74) is 6.35. The first-order chi connectivity index (χ1) is 8.74. The molecule has 0 aliphatic rings. The summed E-state index contributed by atoms with van der Waals surface area (Å²) in [5, 5.41) is 2.39. The van der Waals surface area contributed by atoms with Gasteiger partial charge in [-0.05, 0) is 12.1 Å². The first-order valence-corrected chi connectivity index (χ1v) is 6.16. The van der Waals surface area contributed by atoms with E-state index in [0.717, 1.165) is 5.69 Å². The van der Waals surface area contributed by atoms with Gasteiger partial charge in [0.05, 0.1) is 19.9 Å². The van der Waals surface area contributed by atoms with Gasteiger partial charge in [-0.25, -0.2) is 4.98 Å². The molecule has 6 heteroatoms. The van der Waals surface area contributed by atoms with E-state index in [1.54, 1.807) is 14.2 Å². The molecular weight excluding hydrogens is 252 g/mol. The summed E-state index contributed by atoms with van der Waals surface area (Å²) in [5.74, 6) is 1.81. The molecule has 0 fully saturated rings.